The first-order valence-corrected chi connectivity index (χ1v) is 7.72. The van der Waals surface area contributed by atoms with E-state index < -0.39 is 11.5 Å². The van der Waals surface area contributed by atoms with Crippen LogP contribution in [0.1, 0.15) is 45.1 Å². The normalized spacial score (nSPS) is 13.7. The van der Waals surface area contributed by atoms with Gasteiger partial charge in [-0.05, 0) is 50.8 Å². The van der Waals surface area contributed by atoms with Gasteiger partial charge in [-0.2, -0.15) is 0 Å². The van der Waals surface area contributed by atoms with Crippen LogP contribution in [0, 0.1) is 6.92 Å². The lowest BCUT2D eigenvalue weighted by Crippen LogP contribution is -2.52. The van der Waals surface area contributed by atoms with E-state index in [-0.39, 0.29) is 0 Å². The molecule has 118 valence electrons. The van der Waals surface area contributed by atoms with Crippen molar-refractivity contribution < 1.29 is 14.6 Å². The summed E-state index contributed by atoms with van der Waals surface area (Å²) in [6, 6.07) is 7.86. The van der Waals surface area contributed by atoms with Crippen molar-refractivity contribution in [3.63, 3.8) is 0 Å². The van der Waals surface area contributed by atoms with E-state index in [1.54, 1.807) is 0 Å². The average Bonchev–Trinajstić information content (AvgIpc) is 2.48. The number of rotatable bonds is 10. The van der Waals surface area contributed by atoms with Crippen molar-refractivity contribution in [3.8, 4) is 5.75 Å². The molecule has 0 saturated carbocycles. The second-order valence-electron chi connectivity index (χ2n) is 5.39. The number of aliphatic carboxylic acids is 1. The third kappa shape index (κ3) is 5.05. The van der Waals surface area contributed by atoms with Gasteiger partial charge in [0.25, 0.3) is 0 Å². The lowest BCUT2D eigenvalue weighted by atomic mass is 9.90. The zero-order valence-corrected chi connectivity index (χ0v) is 13.3. The zero-order valence-electron chi connectivity index (χ0n) is 13.3. The van der Waals surface area contributed by atoms with E-state index in [2.05, 4.69) is 5.32 Å². The van der Waals surface area contributed by atoms with Crippen LogP contribution in [0.5, 0.6) is 5.75 Å². The van der Waals surface area contributed by atoms with E-state index >= 15 is 0 Å². The summed E-state index contributed by atoms with van der Waals surface area (Å²) in [6.45, 7) is 7.22. The Balaban J connectivity index is 2.50. The van der Waals surface area contributed by atoms with Gasteiger partial charge >= 0.3 is 5.97 Å². The smallest absolute Gasteiger partial charge is 0.323 e. The predicted molar refractivity (Wildman–Crippen MR) is 84.9 cm³/mol. The summed E-state index contributed by atoms with van der Waals surface area (Å²) in [5.41, 5.74) is 0.270. The predicted octanol–water partition coefficient (Wildman–Crippen LogP) is 3.39. The molecule has 0 aromatic heterocycles. The molecule has 0 aliphatic heterocycles. The summed E-state index contributed by atoms with van der Waals surface area (Å²) in [6.07, 6.45) is 2.79. The highest BCUT2D eigenvalue weighted by molar-refractivity contribution is 5.78. The van der Waals surface area contributed by atoms with E-state index in [4.69, 9.17) is 4.74 Å². The molecule has 21 heavy (non-hydrogen) atoms. The quantitative estimate of drug-likeness (QED) is 0.649. The Labute approximate surface area is 127 Å². The summed E-state index contributed by atoms with van der Waals surface area (Å²) in [5, 5.41) is 12.7. The number of hydrogen-bond donors (Lipinski definition) is 2. The van der Waals surface area contributed by atoms with Crippen molar-refractivity contribution in [2.24, 2.45) is 0 Å². The molecule has 0 bridgehead atoms. The Kier molecular flexibility index (Phi) is 7.23. The van der Waals surface area contributed by atoms with Gasteiger partial charge in [0, 0.05) is 0 Å². The van der Waals surface area contributed by atoms with Gasteiger partial charge in [-0.15, -0.1) is 0 Å². The van der Waals surface area contributed by atoms with Gasteiger partial charge in [0.15, 0.2) is 0 Å². The molecule has 0 aliphatic rings. The molecule has 0 fully saturated rings. The van der Waals surface area contributed by atoms with Crippen LogP contribution in [0.15, 0.2) is 24.3 Å². The molecule has 1 rings (SSSR count). The second kappa shape index (κ2) is 8.67. The largest absolute Gasteiger partial charge is 0.493 e. The van der Waals surface area contributed by atoms with Gasteiger partial charge in [0.2, 0.25) is 0 Å². The molecule has 4 nitrogen and oxygen atoms in total. The van der Waals surface area contributed by atoms with Crippen LogP contribution in [0.2, 0.25) is 0 Å². The van der Waals surface area contributed by atoms with Crippen LogP contribution in [-0.4, -0.2) is 29.8 Å². The minimum Gasteiger partial charge on any atom is -0.493 e. The minimum absolute atomic E-state index is 0.535. The lowest BCUT2D eigenvalue weighted by Gasteiger charge is -2.29. The summed E-state index contributed by atoms with van der Waals surface area (Å²) < 4.78 is 5.74. The minimum atomic E-state index is -0.828. The fraction of sp³-hybridized carbons (Fsp3) is 0.588. The second-order valence-corrected chi connectivity index (χ2v) is 5.39. The molecular weight excluding hydrogens is 266 g/mol. The monoisotopic (exact) mass is 293 g/mol. The zero-order chi connectivity index (χ0) is 15.7. The number of benzene rings is 1. The highest BCUT2D eigenvalue weighted by Gasteiger charge is 2.35. The number of carboxylic acids is 1. The standard InChI is InChI=1S/C17H27NO3/c1-4-12-18-17(5-2,16(19)20)11-8-13-21-15-10-7-6-9-14(15)3/h6-7,9-10,18H,4-5,8,11-13H2,1-3H3,(H,19,20). The van der Waals surface area contributed by atoms with Gasteiger partial charge in [-0.3, -0.25) is 4.79 Å². The molecule has 0 spiro atoms. The summed E-state index contributed by atoms with van der Waals surface area (Å²) >= 11 is 0. The maximum absolute atomic E-state index is 11.6. The highest BCUT2D eigenvalue weighted by Crippen LogP contribution is 2.20. The summed E-state index contributed by atoms with van der Waals surface area (Å²) in [5.74, 6) is 0.103. The van der Waals surface area contributed by atoms with E-state index in [0.717, 1.165) is 24.3 Å². The number of carbonyl (C=O) groups is 1. The molecule has 1 atom stereocenters. The van der Waals surface area contributed by atoms with Crippen LogP contribution in [0.25, 0.3) is 0 Å². The van der Waals surface area contributed by atoms with Gasteiger partial charge in [-0.25, -0.2) is 0 Å². The fourth-order valence-electron chi connectivity index (χ4n) is 2.36. The Morgan fingerprint density at radius 2 is 2.05 bits per heavy atom. The molecule has 4 heteroatoms. The molecule has 0 amide bonds. The third-order valence-electron chi connectivity index (χ3n) is 3.83. The Hall–Kier alpha value is -1.55. The van der Waals surface area contributed by atoms with Gasteiger partial charge < -0.3 is 15.2 Å². The molecule has 1 aromatic rings. The Morgan fingerprint density at radius 1 is 1.33 bits per heavy atom. The van der Waals surface area contributed by atoms with Crippen molar-refractivity contribution >= 4 is 5.97 Å². The van der Waals surface area contributed by atoms with Gasteiger partial charge in [0.1, 0.15) is 11.3 Å². The van der Waals surface area contributed by atoms with E-state index in [0.29, 0.717) is 25.9 Å². The molecule has 0 heterocycles. The van der Waals surface area contributed by atoms with Gasteiger partial charge in [0.05, 0.1) is 6.61 Å². The average molecular weight is 293 g/mol. The maximum atomic E-state index is 11.6. The molecule has 0 aliphatic carbocycles. The Morgan fingerprint density at radius 3 is 2.62 bits per heavy atom. The lowest BCUT2D eigenvalue weighted by molar-refractivity contribution is -0.145. The van der Waals surface area contributed by atoms with E-state index in [1.165, 1.54) is 0 Å². The number of para-hydroxylation sites is 1. The van der Waals surface area contributed by atoms with Crippen LogP contribution in [0.3, 0.4) is 0 Å². The third-order valence-corrected chi connectivity index (χ3v) is 3.83. The Bertz CT molecular complexity index is 447. The van der Waals surface area contributed by atoms with Crippen LogP contribution in [0.4, 0.5) is 0 Å². The van der Waals surface area contributed by atoms with E-state index in [1.807, 2.05) is 45.0 Å². The number of carboxylic acid groups (broad SMARTS) is 1. The number of aryl methyl sites for hydroxylation is 1. The molecule has 1 unspecified atom stereocenters. The fourth-order valence-corrected chi connectivity index (χ4v) is 2.36. The number of hydrogen-bond acceptors (Lipinski definition) is 3. The van der Waals surface area contributed by atoms with Crippen molar-refractivity contribution in [1.82, 2.24) is 5.32 Å². The molecular formula is C17H27NO3. The summed E-state index contributed by atoms with van der Waals surface area (Å²) in [4.78, 5) is 11.6. The molecule has 1 aromatic carbocycles. The van der Waals surface area contributed by atoms with E-state index in [9.17, 15) is 9.90 Å². The maximum Gasteiger partial charge on any atom is 0.323 e. The SMILES string of the molecule is CCCNC(CC)(CCCOc1ccccc1C)C(=O)O. The van der Waals surface area contributed by atoms with Crippen molar-refractivity contribution in [2.75, 3.05) is 13.2 Å². The van der Waals surface area contributed by atoms with Gasteiger partial charge in [-0.1, -0.05) is 32.0 Å². The summed E-state index contributed by atoms with van der Waals surface area (Å²) in [7, 11) is 0. The van der Waals surface area contributed by atoms with Crippen molar-refractivity contribution in [3.05, 3.63) is 29.8 Å². The highest BCUT2D eigenvalue weighted by atomic mass is 16.5. The van der Waals surface area contributed by atoms with Crippen LogP contribution < -0.4 is 10.1 Å². The first-order valence-electron chi connectivity index (χ1n) is 7.72. The first kappa shape index (κ1) is 17.5. The topological polar surface area (TPSA) is 58.6 Å². The number of nitrogens with one attached hydrogen (secondary N) is 1. The van der Waals surface area contributed by atoms with Crippen molar-refractivity contribution in [2.45, 2.75) is 52.0 Å². The van der Waals surface area contributed by atoms with Crippen molar-refractivity contribution in [1.29, 1.82) is 0 Å². The van der Waals surface area contributed by atoms with Crippen LogP contribution in [-0.2, 0) is 4.79 Å². The molecule has 2 N–H and O–H groups in total. The molecule has 0 saturated heterocycles. The number of ether oxygens (including phenoxy) is 1. The molecule has 0 radical (unpaired) electrons. The first-order chi connectivity index (χ1) is 10.1. The van der Waals surface area contributed by atoms with Crippen LogP contribution >= 0.6 is 0 Å².